The van der Waals surface area contributed by atoms with Crippen LogP contribution in [-0.4, -0.2) is 24.7 Å². The Bertz CT molecular complexity index is 454. The molecule has 0 aliphatic carbocycles. The number of aryl methyl sites for hydroxylation is 2. The molecule has 0 amide bonds. The van der Waals surface area contributed by atoms with Crippen molar-refractivity contribution in [1.29, 1.82) is 0 Å². The van der Waals surface area contributed by atoms with Crippen LogP contribution in [0.1, 0.15) is 50.2 Å². The first-order chi connectivity index (χ1) is 9.69. The summed E-state index contributed by atoms with van der Waals surface area (Å²) >= 11 is 0. The van der Waals surface area contributed by atoms with Gasteiger partial charge >= 0.3 is 0 Å². The largest absolute Gasteiger partial charge is 0.365 e. The van der Waals surface area contributed by atoms with Gasteiger partial charge in [0.2, 0.25) is 0 Å². The highest BCUT2D eigenvalue weighted by Crippen LogP contribution is 2.39. The minimum Gasteiger partial charge on any atom is -0.365 e. The van der Waals surface area contributed by atoms with Crippen LogP contribution >= 0.6 is 0 Å². The maximum atomic E-state index is 3.74. The molecule has 2 fully saturated rings. The fourth-order valence-electron chi connectivity index (χ4n) is 4.00. The van der Waals surface area contributed by atoms with Gasteiger partial charge in [-0.3, -0.25) is 0 Å². The van der Waals surface area contributed by atoms with Gasteiger partial charge in [-0.05, 0) is 75.8 Å². The lowest BCUT2D eigenvalue weighted by atomic mass is 9.96. The third kappa shape index (κ3) is 2.58. The maximum Gasteiger partial charge on any atom is 0.0374 e. The molecular weight excluding hydrogens is 244 g/mol. The first-order valence-corrected chi connectivity index (χ1v) is 8.28. The predicted molar refractivity (Wildman–Crippen MR) is 86.5 cm³/mol. The Balaban J connectivity index is 1.74. The highest BCUT2D eigenvalue weighted by Gasteiger charge is 2.40. The highest BCUT2D eigenvalue weighted by atomic mass is 15.2. The van der Waals surface area contributed by atoms with E-state index >= 15 is 0 Å². The molecule has 2 nitrogen and oxygen atoms in total. The van der Waals surface area contributed by atoms with Crippen LogP contribution in [0.15, 0.2) is 18.2 Å². The molecule has 2 aliphatic heterocycles. The quantitative estimate of drug-likeness (QED) is 0.897. The van der Waals surface area contributed by atoms with E-state index in [9.17, 15) is 0 Å². The number of benzene rings is 1. The van der Waals surface area contributed by atoms with Gasteiger partial charge in [0.15, 0.2) is 0 Å². The third-order valence-corrected chi connectivity index (χ3v) is 5.20. The van der Waals surface area contributed by atoms with Crippen molar-refractivity contribution < 1.29 is 0 Å². The summed E-state index contributed by atoms with van der Waals surface area (Å²) in [4.78, 5) is 2.72. The first kappa shape index (κ1) is 13.9. The zero-order valence-electron chi connectivity index (χ0n) is 13.2. The summed E-state index contributed by atoms with van der Waals surface area (Å²) in [5, 5.41) is 3.74. The molecule has 0 spiro atoms. The molecule has 2 heteroatoms. The summed E-state index contributed by atoms with van der Waals surface area (Å²) in [7, 11) is 0. The number of hydrogen-bond donors (Lipinski definition) is 1. The maximum absolute atomic E-state index is 3.74. The Morgan fingerprint density at radius 3 is 2.40 bits per heavy atom. The van der Waals surface area contributed by atoms with Gasteiger partial charge in [0.1, 0.15) is 0 Å². The second-order valence-electron chi connectivity index (χ2n) is 6.68. The molecule has 0 aromatic heterocycles. The van der Waals surface area contributed by atoms with Crippen LogP contribution in [0, 0.1) is 13.8 Å². The van der Waals surface area contributed by atoms with Gasteiger partial charge in [0.05, 0.1) is 0 Å². The SMILES string of the molecule is CCCNC1CC2CCC(C1)N2c1ccc(C)c(C)c1. The highest BCUT2D eigenvalue weighted by molar-refractivity contribution is 5.54. The molecule has 20 heavy (non-hydrogen) atoms. The van der Waals surface area contributed by atoms with Crippen molar-refractivity contribution in [3.05, 3.63) is 29.3 Å². The van der Waals surface area contributed by atoms with Gasteiger partial charge in [-0.15, -0.1) is 0 Å². The minimum atomic E-state index is 0.746. The van der Waals surface area contributed by atoms with E-state index in [2.05, 4.69) is 49.2 Å². The molecule has 2 atom stereocenters. The number of anilines is 1. The number of nitrogens with zero attached hydrogens (tertiary/aromatic N) is 1. The molecule has 0 radical (unpaired) electrons. The van der Waals surface area contributed by atoms with Gasteiger partial charge in [0.25, 0.3) is 0 Å². The summed E-state index contributed by atoms with van der Waals surface area (Å²) in [6.45, 7) is 7.87. The van der Waals surface area contributed by atoms with Gasteiger partial charge < -0.3 is 10.2 Å². The van der Waals surface area contributed by atoms with Gasteiger partial charge in [0, 0.05) is 23.8 Å². The van der Waals surface area contributed by atoms with Gasteiger partial charge in [-0.2, -0.15) is 0 Å². The topological polar surface area (TPSA) is 15.3 Å². The van der Waals surface area contributed by atoms with Crippen molar-refractivity contribution in [2.24, 2.45) is 0 Å². The van der Waals surface area contributed by atoms with Crippen molar-refractivity contribution in [2.75, 3.05) is 11.4 Å². The summed E-state index contributed by atoms with van der Waals surface area (Å²) in [6.07, 6.45) is 6.64. The van der Waals surface area contributed by atoms with E-state index < -0.39 is 0 Å². The van der Waals surface area contributed by atoms with Crippen molar-refractivity contribution in [3.63, 3.8) is 0 Å². The molecule has 2 aliphatic rings. The third-order valence-electron chi connectivity index (χ3n) is 5.20. The average Bonchev–Trinajstić information content (AvgIpc) is 2.71. The first-order valence-electron chi connectivity index (χ1n) is 8.28. The molecule has 2 bridgehead atoms. The standard InChI is InChI=1S/C18H28N2/c1-4-9-19-15-11-17-7-8-18(12-15)20(17)16-6-5-13(2)14(3)10-16/h5-6,10,15,17-19H,4,7-9,11-12H2,1-3H3. The molecule has 110 valence electrons. The molecule has 2 saturated heterocycles. The Kier molecular flexibility index (Phi) is 4.02. The van der Waals surface area contributed by atoms with Crippen LogP contribution in [0.25, 0.3) is 0 Å². The van der Waals surface area contributed by atoms with E-state index in [4.69, 9.17) is 0 Å². The zero-order chi connectivity index (χ0) is 14.1. The van der Waals surface area contributed by atoms with Crippen LogP contribution < -0.4 is 10.2 Å². The van der Waals surface area contributed by atoms with E-state index in [-0.39, 0.29) is 0 Å². The van der Waals surface area contributed by atoms with Crippen LogP contribution in [-0.2, 0) is 0 Å². The van der Waals surface area contributed by atoms with E-state index in [1.54, 1.807) is 0 Å². The molecule has 2 heterocycles. The monoisotopic (exact) mass is 272 g/mol. The Morgan fingerprint density at radius 2 is 1.80 bits per heavy atom. The number of fused-ring (bicyclic) bond motifs is 2. The Hall–Kier alpha value is -1.02. The van der Waals surface area contributed by atoms with Gasteiger partial charge in [-0.1, -0.05) is 13.0 Å². The lowest BCUT2D eigenvalue weighted by molar-refractivity contribution is 0.356. The van der Waals surface area contributed by atoms with Crippen LogP contribution in [0.2, 0.25) is 0 Å². The molecule has 1 N–H and O–H groups in total. The van der Waals surface area contributed by atoms with E-state index in [0.717, 1.165) is 18.1 Å². The van der Waals surface area contributed by atoms with Crippen LogP contribution in [0.4, 0.5) is 5.69 Å². The fourth-order valence-corrected chi connectivity index (χ4v) is 4.00. The van der Waals surface area contributed by atoms with Gasteiger partial charge in [-0.25, -0.2) is 0 Å². The van der Waals surface area contributed by atoms with Crippen molar-refractivity contribution in [1.82, 2.24) is 5.32 Å². The number of piperidine rings is 1. The van der Waals surface area contributed by atoms with Crippen molar-refractivity contribution in [3.8, 4) is 0 Å². The summed E-state index contributed by atoms with van der Waals surface area (Å²) in [5.41, 5.74) is 4.28. The predicted octanol–water partition coefficient (Wildman–Crippen LogP) is 3.80. The van der Waals surface area contributed by atoms with E-state index in [0.29, 0.717) is 0 Å². The molecule has 1 aromatic carbocycles. The summed E-state index contributed by atoms with van der Waals surface area (Å²) in [6, 6.07) is 9.25. The number of rotatable bonds is 4. The van der Waals surface area contributed by atoms with Crippen LogP contribution in [0.5, 0.6) is 0 Å². The van der Waals surface area contributed by atoms with E-state index in [1.807, 2.05) is 0 Å². The smallest absolute Gasteiger partial charge is 0.0374 e. The second-order valence-corrected chi connectivity index (χ2v) is 6.68. The molecule has 2 unspecified atom stereocenters. The minimum absolute atomic E-state index is 0.746. The lowest BCUT2D eigenvalue weighted by Crippen LogP contribution is -2.49. The molecule has 0 saturated carbocycles. The Labute approximate surface area is 123 Å². The molecule has 3 rings (SSSR count). The average molecular weight is 272 g/mol. The van der Waals surface area contributed by atoms with Crippen LogP contribution in [0.3, 0.4) is 0 Å². The number of nitrogens with one attached hydrogen (secondary N) is 1. The van der Waals surface area contributed by atoms with Crippen molar-refractivity contribution >= 4 is 5.69 Å². The zero-order valence-corrected chi connectivity index (χ0v) is 13.2. The van der Waals surface area contributed by atoms with E-state index in [1.165, 1.54) is 55.5 Å². The fraction of sp³-hybridized carbons (Fsp3) is 0.667. The Morgan fingerprint density at radius 1 is 1.10 bits per heavy atom. The summed E-state index contributed by atoms with van der Waals surface area (Å²) in [5.74, 6) is 0. The second kappa shape index (κ2) is 5.77. The number of hydrogen-bond acceptors (Lipinski definition) is 2. The molecular formula is C18H28N2. The van der Waals surface area contributed by atoms with Crippen molar-refractivity contribution in [2.45, 2.75) is 71.0 Å². The molecule has 1 aromatic rings. The summed E-state index contributed by atoms with van der Waals surface area (Å²) < 4.78 is 0. The normalized spacial score (nSPS) is 28.9. The lowest BCUT2D eigenvalue weighted by Gasteiger charge is -2.41.